The van der Waals surface area contributed by atoms with Gasteiger partial charge in [-0.15, -0.1) is 0 Å². The Labute approximate surface area is 128 Å². The van der Waals surface area contributed by atoms with Crippen LogP contribution in [0.1, 0.15) is 18.2 Å². The van der Waals surface area contributed by atoms with Crippen LogP contribution in [0.25, 0.3) is 6.08 Å². The van der Waals surface area contributed by atoms with E-state index in [4.69, 9.17) is 9.62 Å². The van der Waals surface area contributed by atoms with Crippen molar-refractivity contribution in [2.45, 2.75) is 24.9 Å². The van der Waals surface area contributed by atoms with Crippen LogP contribution in [-0.4, -0.2) is 40.6 Å². The molecular weight excluding hydrogens is 348 g/mol. The maximum absolute atomic E-state index is 11.9. The van der Waals surface area contributed by atoms with Gasteiger partial charge in [0.2, 0.25) is 0 Å². The van der Waals surface area contributed by atoms with Crippen LogP contribution >= 0.6 is 15.9 Å². The standard InChI is InChI=1S/C12H15BrN2O6/c1-19-21-8-4-10(20-9(8)6-16)15-5-7(2-3-13)11(17)14-12(15)18/h2-3,5,8-10,16H,4,6H2,1H3,(H,14,17,18)/b3-2+/t8?,9-,10-/m0/s1. The minimum Gasteiger partial charge on any atom is -0.394 e. The number of hydrogen-bond donors (Lipinski definition) is 2. The normalized spacial score (nSPS) is 25.8. The predicted molar refractivity (Wildman–Crippen MR) is 76.8 cm³/mol. The lowest BCUT2D eigenvalue weighted by Crippen LogP contribution is -2.33. The molecule has 0 bridgehead atoms. The Morgan fingerprint density at radius 2 is 2.38 bits per heavy atom. The Balaban J connectivity index is 2.32. The largest absolute Gasteiger partial charge is 0.394 e. The summed E-state index contributed by atoms with van der Waals surface area (Å²) in [4.78, 5) is 36.8. The first kappa shape index (κ1) is 16.1. The first-order valence-electron chi connectivity index (χ1n) is 6.18. The van der Waals surface area contributed by atoms with Crippen molar-refractivity contribution in [2.24, 2.45) is 0 Å². The highest BCUT2D eigenvalue weighted by Gasteiger charge is 2.38. The van der Waals surface area contributed by atoms with Crippen molar-refractivity contribution in [2.75, 3.05) is 13.7 Å². The number of nitrogens with zero attached hydrogens (tertiary/aromatic N) is 1. The van der Waals surface area contributed by atoms with Gasteiger partial charge in [0.1, 0.15) is 18.4 Å². The number of hydrogen-bond acceptors (Lipinski definition) is 6. The van der Waals surface area contributed by atoms with Gasteiger partial charge in [0, 0.05) is 12.6 Å². The van der Waals surface area contributed by atoms with E-state index in [-0.39, 0.29) is 6.61 Å². The van der Waals surface area contributed by atoms with Crippen molar-refractivity contribution in [3.8, 4) is 0 Å². The van der Waals surface area contributed by atoms with Gasteiger partial charge in [-0.2, -0.15) is 0 Å². The van der Waals surface area contributed by atoms with Gasteiger partial charge in [0.25, 0.3) is 5.56 Å². The van der Waals surface area contributed by atoms with Crippen LogP contribution in [0.15, 0.2) is 20.8 Å². The van der Waals surface area contributed by atoms with Crippen molar-refractivity contribution >= 4 is 22.0 Å². The van der Waals surface area contributed by atoms with Gasteiger partial charge in [-0.1, -0.05) is 15.9 Å². The first-order valence-corrected chi connectivity index (χ1v) is 7.10. The van der Waals surface area contributed by atoms with E-state index < -0.39 is 29.7 Å². The van der Waals surface area contributed by atoms with E-state index >= 15 is 0 Å². The molecule has 0 aromatic carbocycles. The minimum absolute atomic E-state index is 0.267. The maximum atomic E-state index is 11.9. The highest BCUT2D eigenvalue weighted by atomic mass is 79.9. The first-order chi connectivity index (χ1) is 10.1. The number of nitrogens with one attached hydrogen (secondary N) is 1. The Hall–Kier alpha value is -1.26. The van der Waals surface area contributed by atoms with Crippen molar-refractivity contribution in [1.29, 1.82) is 0 Å². The van der Waals surface area contributed by atoms with Crippen LogP contribution in [0.4, 0.5) is 0 Å². The van der Waals surface area contributed by atoms with Crippen LogP contribution in [0.2, 0.25) is 0 Å². The second kappa shape index (κ2) is 7.14. The molecule has 9 heteroatoms. The predicted octanol–water partition coefficient (Wildman–Crippen LogP) is 0.129. The van der Waals surface area contributed by atoms with Gasteiger partial charge < -0.3 is 9.84 Å². The Bertz CT molecular complexity index is 625. The van der Waals surface area contributed by atoms with Crippen molar-refractivity contribution < 1.29 is 19.6 Å². The lowest BCUT2D eigenvalue weighted by Gasteiger charge is -2.15. The fourth-order valence-electron chi connectivity index (χ4n) is 2.16. The van der Waals surface area contributed by atoms with Crippen molar-refractivity contribution in [3.05, 3.63) is 37.6 Å². The number of aliphatic hydroxyl groups is 1. The van der Waals surface area contributed by atoms with Crippen LogP contribution in [0, 0.1) is 0 Å². The molecule has 1 aromatic heterocycles. The highest BCUT2D eigenvalue weighted by molar-refractivity contribution is 9.11. The molecule has 0 aliphatic carbocycles. The van der Waals surface area contributed by atoms with E-state index in [9.17, 15) is 14.7 Å². The number of halogens is 1. The van der Waals surface area contributed by atoms with Gasteiger partial charge in [0.15, 0.2) is 0 Å². The number of ether oxygens (including phenoxy) is 1. The van der Waals surface area contributed by atoms with Gasteiger partial charge in [0.05, 0.1) is 19.3 Å². The molecular formula is C12H15BrN2O6. The molecule has 2 rings (SSSR count). The van der Waals surface area contributed by atoms with Crippen LogP contribution in [0.5, 0.6) is 0 Å². The lowest BCUT2D eigenvalue weighted by atomic mass is 10.2. The number of aromatic amines is 1. The molecule has 0 amide bonds. The number of H-pyrrole nitrogens is 1. The number of aromatic nitrogens is 2. The van der Waals surface area contributed by atoms with E-state index in [1.807, 2.05) is 0 Å². The van der Waals surface area contributed by atoms with Gasteiger partial charge in [-0.05, 0) is 11.1 Å². The topological polar surface area (TPSA) is 103 Å². The summed E-state index contributed by atoms with van der Waals surface area (Å²) < 4.78 is 6.82. The summed E-state index contributed by atoms with van der Waals surface area (Å²) in [7, 11) is 1.35. The van der Waals surface area contributed by atoms with E-state index in [1.165, 1.54) is 28.9 Å². The molecule has 0 radical (unpaired) electrons. The second-order valence-electron chi connectivity index (χ2n) is 4.39. The summed E-state index contributed by atoms with van der Waals surface area (Å²) in [6.45, 7) is -0.267. The summed E-state index contributed by atoms with van der Waals surface area (Å²) in [5.74, 6) is 0. The van der Waals surface area contributed by atoms with E-state index in [0.717, 1.165) is 0 Å². The average molecular weight is 363 g/mol. The molecule has 0 saturated carbocycles. The molecule has 1 fully saturated rings. The molecule has 8 nitrogen and oxygen atoms in total. The zero-order chi connectivity index (χ0) is 15.4. The summed E-state index contributed by atoms with van der Waals surface area (Å²) in [6.07, 6.45) is 1.45. The molecule has 116 valence electrons. The molecule has 1 aliphatic rings. The molecule has 2 heterocycles. The smallest absolute Gasteiger partial charge is 0.330 e. The molecule has 1 unspecified atom stereocenters. The van der Waals surface area contributed by atoms with Crippen molar-refractivity contribution in [3.63, 3.8) is 0 Å². The van der Waals surface area contributed by atoms with Crippen LogP contribution < -0.4 is 11.2 Å². The van der Waals surface area contributed by atoms with E-state index in [0.29, 0.717) is 12.0 Å². The summed E-state index contributed by atoms with van der Waals surface area (Å²) in [5, 5.41) is 9.26. The van der Waals surface area contributed by atoms with Crippen molar-refractivity contribution in [1.82, 2.24) is 9.55 Å². The molecule has 2 N–H and O–H groups in total. The van der Waals surface area contributed by atoms with Gasteiger partial charge in [-0.3, -0.25) is 14.3 Å². The number of rotatable bonds is 5. The molecule has 1 aromatic rings. The highest BCUT2D eigenvalue weighted by Crippen LogP contribution is 2.29. The molecule has 21 heavy (non-hydrogen) atoms. The molecule has 1 saturated heterocycles. The average Bonchev–Trinajstić information content (AvgIpc) is 2.85. The zero-order valence-electron chi connectivity index (χ0n) is 11.2. The Morgan fingerprint density at radius 3 is 3.00 bits per heavy atom. The fourth-order valence-corrected chi connectivity index (χ4v) is 2.45. The molecule has 3 atom stereocenters. The van der Waals surface area contributed by atoms with Crippen LogP contribution in [-0.2, 0) is 14.5 Å². The maximum Gasteiger partial charge on any atom is 0.330 e. The lowest BCUT2D eigenvalue weighted by molar-refractivity contribution is -0.312. The third-order valence-corrected chi connectivity index (χ3v) is 3.39. The fraction of sp³-hybridized carbons (Fsp3) is 0.500. The SMILES string of the molecule is COOC1C[C@@H](n2cc(/C=C/Br)c(=O)[nH]c2=O)O[C@H]1CO. The minimum atomic E-state index is -0.658. The third-order valence-electron chi connectivity index (χ3n) is 3.13. The van der Waals surface area contributed by atoms with E-state index in [1.54, 1.807) is 0 Å². The quantitative estimate of drug-likeness (QED) is 0.570. The third kappa shape index (κ3) is 3.50. The van der Waals surface area contributed by atoms with Crippen LogP contribution in [0.3, 0.4) is 0 Å². The number of aliphatic hydroxyl groups excluding tert-OH is 1. The second-order valence-corrected chi connectivity index (χ2v) is 4.92. The summed E-state index contributed by atoms with van der Waals surface area (Å²) in [5.41, 5.74) is -0.786. The summed E-state index contributed by atoms with van der Waals surface area (Å²) >= 11 is 3.08. The molecule has 1 aliphatic heterocycles. The Morgan fingerprint density at radius 1 is 1.62 bits per heavy atom. The van der Waals surface area contributed by atoms with E-state index in [2.05, 4.69) is 25.8 Å². The zero-order valence-corrected chi connectivity index (χ0v) is 12.8. The monoisotopic (exact) mass is 362 g/mol. The Kier molecular flexibility index (Phi) is 5.48. The molecule has 0 spiro atoms. The van der Waals surface area contributed by atoms with Gasteiger partial charge >= 0.3 is 5.69 Å². The summed E-state index contributed by atoms with van der Waals surface area (Å²) in [6, 6.07) is 0. The van der Waals surface area contributed by atoms with Gasteiger partial charge in [-0.25, -0.2) is 14.6 Å².